The highest BCUT2D eigenvalue weighted by molar-refractivity contribution is 5.95. The molecule has 2 saturated heterocycles. The molecular formula is C18H21N3O3. The van der Waals surface area contributed by atoms with Gasteiger partial charge >= 0.3 is 0 Å². The Labute approximate surface area is 140 Å². The summed E-state index contributed by atoms with van der Waals surface area (Å²) in [4.78, 5) is 18.6. The van der Waals surface area contributed by atoms with Crippen molar-refractivity contribution >= 4 is 11.6 Å². The molecule has 1 amide bonds. The molecule has 0 unspecified atom stereocenters. The van der Waals surface area contributed by atoms with Gasteiger partial charge in [-0.05, 0) is 31.5 Å². The van der Waals surface area contributed by atoms with Crippen LogP contribution in [0.5, 0.6) is 0 Å². The maximum Gasteiger partial charge on any atom is 0.257 e. The number of ether oxygens (including phenoxy) is 1. The molecule has 2 fully saturated rings. The Balaban J connectivity index is 1.40. The molecule has 0 aliphatic carbocycles. The zero-order chi connectivity index (χ0) is 16.6. The standard InChI is InChI=1S/C18H21N3O3/c1-13-16(4-8-23-13)17(22)21-7-5-18(12-21)9-15(11-24-18)20-14-3-2-6-19-10-14/h2-4,6,8,10,15,20H,5,7,9,11-12H2,1H3/t15-,18+/m1/s1. The lowest BCUT2D eigenvalue weighted by Gasteiger charge is -2.23. The third-order valence-electron chi connectivity index (χ3n) is 4.93. The zero-order valence-electron chi connectivity index (χ0n) is 13.7. The van der Waals surface area contributed by atoms with Crippen molar-refractivity contribution in [2.75, 3.05) is 25.0 Å². The molecule has 126 valence electrons. The van der Waals surface area contributed by atoms with Crippen LogP contribution in [0.1, 0.15) is 29.0 Å². The average molecular weight is 327 g/mol. The number of hydrogen-bond acceptors (Lipinski definition) is 5. The summed E-state index contributed by atoms with van der Waals surface area (Å²) in [7, 11) is 0. The van der Waals surface area contributed by atoms with Crippen LogP contribution < -0.4 is 5.32 Å². The molecule has 1 spiro atoms. The van der Waals surface area contributed by atoms with Crippen LogP contribution in [-0.4, -0.2) is 47.1 Å². The van der Waals surface area contributed by atoms with Crippen molar-refractivity contribution in [1.82, 2.24) is 9.88 Å². The number of carbonyl (C=O) groups is 1. The molecule has 2 aromatic heterocycles. The number of pyridine rings is 1. The third kappa shape index (κ3) is 2.78. The third-order valence-corrected chi connectivity index (χ3v) is 4.93. The zero-order valence-corrected chi connectivity index (χ0v) is 13.7. The van der Waals surface area contributed by atoms with Crippen LogP contribution in [0.4, 0.5) is 5.69 Å². The highest BCUT2D eigenvalue weighted by atomic mass is 16.5. The number of carbonyl (C=O) groups excluding carboxylic acids is 1. The molecule has 6 heteroatoms. The van der Waals surface area contributed by atoms with Gasteiger partial charge in [-0.3, -0.25) is 9.78 Å². The molecule has 0 aromatic carbocycles. The summed E-state index contributed by atoms with van der Waals surface area (Å²) in [6, 6.07) is 5.91. The van der Waals surface area contributed by atoms with E-state index in [2.05, 4.69) is 10.3 Å². The summed E-state index contributed by atoms with van der Waals surface area (Å²) >= 11 is 0. The van der Waals surface area contributed by atoms with E-state index in [-0.39, 0.29) is 17.6 Å². The van der Waals surface area contributed by atoms with Crippen LogP contribution in [0.2, 0.25) is 0 Å². The number of aryl methyl sites for hydroxylation is 1. The SMILES string of the molecule is Cc1occc1C(=O)N1CC[C@]2(C[C@@H](Nc3cccnc3)CO2)C1. The first-order chi connectivity index (χ1) is 11.7. The van der Waals surface area contributed by atoms with Gasteiger partial charge in [-0.15, -0.1) is 0 Å². The molecular weight excluding hydrogens is 306 g/mol. The Morgan fingerprint density at radius 3 is 3.12 bits per heavy atom. The monoisotopic (exact) mass is 327 g/mol. The number of rotatable bonds is 3. The fraction of sp³-hybridized carbons (Fsp3) is 0.444. The average Bonchev–Trinajstić information content (AvgIpc) is 3.30. The van der Waals surface area contributed by atoms with Gasteiger partial charge in [0.05, 0.1) is 42.3 Å². The fourth-order valence-corrected chi connectivity index (χ4v) is 3.70. The van der Waals surface area contributed by atoms with Crippen molar-refractivity contribution in [3.05, 3.63) is 48.2 Å². The number of amides is 1. The molecule has 4 rings (SSSR count). The van der Waals surface area contributed by atoms with Crippen LogP contribution in [0, 0.1) is 6.92 Å². The first-order valence-electron chi connectivity index (χ1n) is 8.29. The number of anilines is 1. The van der Waals surface area contributed by atoms with Crippen LogP contribution in [0.3, 0.4) is 0 Å². The van der Waals surface area contributed by atoms with E-state index in [4.69, 9.17) is 9.15 Å². The van der Waals surface area contributed by atoms with Crippen LogP contribution in [-0.2, 0) is 4.74 Å². The second-order valence-corrected chi connectivity index (χ2v) is 6.65. The number of nitrogens with zero attached hydrogens (tertiary/aromatic N) is 2. The molecule has 0 radical (unpaired) electrons. The van der Waals surface area contributed by atoms with Crippen molar-refractivity contribution in [3.63, 3.8) is 0 Å². The lowest BCUT2D eigenvalue weighted by Crippen LogP contribution is -2.36. The molecule has 2 atom stereocenters. The molecule has 2 aliphatic rings. The highest BCUT2D eigenvalue weighted by Gasteiger charge is 2.47. The van der Waals surface area contributed by atoms with Crippen molar-refractivity contribution < 1.29 is 13.9 Å². The summed E-state index contributed by atoms with van der Waals surface area (Å²) in [6.07, 6.45) is 6.92. The predicted octanol–water partition coefficient (Wildman–Crippen LogP) is 2.47. The smallest absolute Gasteiger partial charge is 0.257 e. The fourth-order valence-electron chi connectivity index (χ4n) is 3.70. The largest absolute Gasteiger partial charge is 0.469 e. The highest BCUT2D eigenvalue weighted by Crippen LogP contribution is 2.36. The molecule has 2 aliphatic heterocycles. The Hall–Kier alpha value is -2.34. The predicted molar refractivity (Wildman–Crippen MR) is 88.9 cm³/mol. The van der Waals surface area contributed by atoms with Gasteiger partial charge in [-0.2, -0.15) is 0 Å². The Bertz CT molecular complexity index is 730. The lowest BCUT2D eigenvalue weighted by atomic mass is 9.97. The van der Waals surface area contributed by atoms with Gasteiger partial charge in [-0.1, -0.05) is 0 Å². The summed E-state index contributed by atoms with van der Waals surface area (Å²) in [5.41, 5.74) is 1.42. The van der Waals surface area contributed by atoms with E-state index in [1.54, 1.807) is 18.5 Å². The first kappa shape index (κ1) is 15.2. The molecule has 4 heterocycles. The molecule has 1 N–H and O–H groups in total. The molecule has 6 nitrogen and oxygen atoms in total. The quantitative estimate of drug-likeness (QED) is 0.938. The van der Waals surface area contributed by atoms with Gasteiger partial charge in [0.25, 0.3) is 5.91 Å². The van der Waals surface area contributed by atoms with Gasteiger partial charge in [0.15, 0.2) is 0 Å². The minimum atomic E-state index is -0.229. The summed E-state index contributed by atoms with van der Waals surface area (Å²) in [5, 5.41) is 3.47. The Kier molecular flexibility index (Phi) is 3.76. The molecule has 2 aromatic rings. The van der Waals surface area contributed by atoms with E-state index in [0.717, 1.165) is 25.1 Å². The van der Waals surface area contributed by atoms with E-state index < -0.39 is 0 Å². The van der Waals surface area contributed by atoms with Crippen molar-refractivity contribution in [3.8, 4) is 0 Å². The van der Waals surface area contributed by atoms with Crippen LogP contribution in [0.25, 0.3) is 0 Å². The van der Waals surface area contributed by atoms with E-state index in [9.17, 15) is 4.79 Å². The van der Waals surface area contributed by atoms with Crippen molar-refractivity contribution in [2.45, 2.75) is 31.4 Å². The van der Waals surface area contributed by atoms with Crippen LogP contribution in [0.15, 0.2) is 41.3 Å². The lowest BCUT2D eigenvalue weighted by molar-refractivity contribution is 0.0124. The number of hydrogen-bond donors (Lipinski definition) is 1. The van der Waals surface area contributed by atoms with Crippen molar-refractivity contribution in [2.24, 2.45) is 0 Å². The molecule has 0 bridgehead atoms. The minimum Gasteiger partial charge on any atom is -0.469 e. The van der Waals surface area contributed by atoms with Gasteiger partial charge in [-0.25, -0.2) is 0 Å². The normalized spacial score (nSPS) is 26.2. The van der Waals surface area contributed by atoms with Gasteiger partial charge < -0.3 is 19.4 Å². The van der Waals surface area contributed by atoms with E-state index >= 15 is 0 Å². The minimum absolute atomic E-state index is 0.0328. The topological polar surface area (TPSA) is 67.6 Å². The Morgan fingerprint density at radius 2 is 2.38 bits per heavy atom. The van der Waals surface area contributed by atoms with E-state index in [1.807, 2.05) is 30.2 Å². The van der Waals surface area contributed by atoms with Gasteiger partial charge in [0.2, 0.25) is 0 Å². The number of nitrogens with one attached hydrogen (secondary N) is 1. The second-order valence-electron chi connectivity index (χ2n) is 6.65. The number of furan rings is 1. The first-order valence-corrected chi connectivity index (χ1v) is 8.29. The van der Waals surface area contributed by atoms with E-state index in [0.29, 0.717) is 24.5 Å². The second kappa shape index (κ2) is 5.94. The Morgan fingerprint density at radius 1 is 1.46 bits per heavy atom. The summed E-state index contributed by atoms with van der Waals surface area (Å²) < 4.78 is 11.4. The number of likely N-dealkylation sites (tertiary alicyclic amines) is 1. The number of aromatic nitrogens is 1. The summed E-state index contributed by atoms with van der Waals surface area (Å²) in [5.74, 6) is 0.704. The maximum atomic E-state index is 12.6. The van der Waals surface area contributed by atoms with E-state index in [1.165, 1.54) is 0 Å². The molecule has 24 heavy (non-hydrogen) atoms. The summed E-state index contributed by atoms with van der Waals surface area (Å²) in [6.45, 7) is 3.84. The van der Waals surface area contributed by atoms with Crippen LogP contribution >= 0.6 is 0 Å². The van der Waals surface area contributed by atoms with Gasteiger partial charge in [0, 0.05) is 25.4 Å². The van der Waals surface area contributed by atoms with Crippen molar-refractivity contribution in [1.29, 1.82) is 0 Å². The maximum absolute atomic E-state index is 12.6. The van der Waals surface area contributed by atoms with Gasteiger partial charge in [0.1, 0.15) is 5.76 Å². The molecule has 0 saturated carbocycles.